The van der Waals surface area contributed by atoms with Crippen LogP contribution in [0.3, 0.4) is 0 Å². The Bertz CT molecular complexity index is 606. The fourth-order valence-corrected chi connectivity index (χ4v) is 2.23. The van der Waals surface area contributed by atoms with E-state index in [1.807, 2.05) is 18.2 Å². The van der Waals surface area contributed by atoms with Gasteiger partial charge in [0.15, 0.2) is 11.5 Å². The lowest BCUT2D eigenvalue weighted by atomic mass is 9.99. The minimum Gasteiger partial charge on any atom is -0.493 e. The summed E-state index contributed by atoms with van der Waals surface area (Å²) < 4.78 is 15.8. The number of rotatable bonds is 6. The summed E-state index contributed by atoms with van der Waals surface area (Å²) in [5.41, 5.74) is 8.59. The maximum atomic E-state index is 5.94. The van der Waals surface area contributed by atoms with E-state index in [1.165, 1.54) is 0 Å². The Labute approximate surface area is 125 Å². The van der Waals surface area contributed by atoms with Gasteiger partial charge in [-0.15, -0.1) is 0 Å². The molecular weight excluding hydrogens is 268 g/mol. The zero-order valence-electron chi connectivity index (χ0n) is 13.0. The third kappa shape index (κ3) is 3.29. The largest absolute Gasteiger partial charge is 0.493 e. The molecule has 0 spiro atoms. The van der Waals surface area contributed by atoms with Gasteiger partial charge in [-0.3, -0.25) is 0 Å². The quantitative estimate of drug-likeness (QED) is 0.881. The van der Waals surface area contributed by atoms with E-state index in [-0.39, 0.29) is 0 Å². The predicted octanol–water partition coefficient (Wildman–Crippen LogP) is 3.53. The predicted molar refractivity (Wildman–Crippen MR) is 82.6 cm³/mol. The van der Waals surface area contributed by atoms with Gasteiger partial charge in [0.25, 0.3) is 0 Å². The van der Waals surface area contributed by atoms with Gasteiger partial charge in [0.05, 0.1) is 25.5 Å². The van der Waals surface area contributed by atoms with Crippen LogP contribution in [0.1, 0.15) is 26.0 Å². The average molecular weight is 290 g/mol. The van der Waals surface area contributed by atoms with E-state index in [9.17, 15) is 0 Å². The van der Waals surface area contributed by atoms with Gasteiger partial charge in [-0.1, -0.05) is 25.1 Å². The van der Waals surface area contributed by atoms with Crippen molar-refractivity contribution in [2.45, 2.75) is 26.7 Å². The maximum absolute atomic E-state index is 5.94. The fraction of sp³-hybridized carbons (Fsp3) is 0.438. The zero-order valence-corrected chi connectivity index (χ0v) is 13.0. The molecule has 0 saturated carbocycles. The van der Waals surface area contributed by atoms with Gasteiger partial charge in [0.1, 0.15) is 0 Å². The molecule has 5 nitrogen and oxygen atoms in total. The number of benzene rings is 1. The molecule has 1 aromatic heterocycles. The first-order valence-electron chi connectivity index (χ1n) is 7.03. The summed E-state index contributed by atoms with van der Waals surface area (Å²) in [5, 5.41) is 4.09. The Morgan fingerprint density at radius 3 is 2.52 bits per heavy atom. The lowest BCUT2D eigenvalue weighted by Crippen LogP contribution is -1.96. The molecule has 21 heavy (non-hydrogen) atoms. The molecule has 1 heterocycles. The zero-order chi connectivity index (χ0) is 15.4. The van der Waals surface area contributed by atoms with Crippen molar-refractivity contribution in [3.63, 3.8) is 0 Å². The normalized spacial score (nSPS) is 10.9. The molecule has 0 amide bonds. The first-order valence-corrected chi connectivity index (χ1v) is 7.03. The van der Waals surface area contributed by atoms with Gasteiger partial charge in [0, 0.05) is 0 Å². The molecule has 1 aromatic carbocycles. The minimum absolute atomic E-state index is 0.334. The second-order valence-electron chi connectivity index (χ2n) is 5.37. The third-order valence-electron chi connectivity index (χ3n) is 3.42. The Kier molecular flexibility index (Phi) is 4.73. The number of ether oxygens (including phenoxy) is 2. The molecule has 5 heteroatoms. The van der Waals surface area contributed by atoms with E-state index >= 15 is 0 Å². The summed E-state index contributed by atoms with van der Waals surface area (Å²) in [5.74, 6) is 2.27. The van der Waals surface area contributed by atoms with Crippen molar-refractivity contribution < 1.29 is 14.0 Å². The number of aryl methyl sites for hydroxylation is 1. The molecule has 0 atom stereocenters. The summed E-state index contributed by atoms with van der Waals surface area (Å²) in [7, 11) is 3.22. The second-order valence-corrected chi connectivity index (χ2v) is 5.37. The van der Waals surface area contributed by atoms with E-state index in [0.717, 1.165) is 29.7 Å². The van der Waals surface area contributed by atoms with E-state index in [4.69, 9.17) is 19.7 Å². The summed E-state index contributed by atoms with van der Waals surface area (Å²) in [4.78, 5) is 0. The van der Waals surface area contributed by atoms with Crippen LogP contribution in [0.2, 0.25) is 0 Å². The number of anilines is 1. The molecule has 114 valence electrons. The highest BCUT2D eigenvalue weighted by molar-refractivity contribution is 5.76. The number of hydrogen-bond donors (Lipinski definition) is 1. The van der Waals surface area contributed by atoms with Gasteiger partial charge >= 0.3 is 0 Å². The Morgan fingerprint density at radius 1 is 1.19 bits per heavy atom. The van der Waals surface area contributed by atoms with Gasteiger partial charge in [-0.2, -0.15) is 0 Å². The number of hydrogen-bond acceptors (Lipinski definition) is 5. The van der Waals surface area contributed by atoms with E-state index < -0.39 is 0 Å². The van der Waals surface area contributed by atoms with Crippen LogP contribution in [-0.4, -0.2) is 19.4 Å². The van der Waals surface area contributed by atoms with Crippen LogP contribution in [0.4, 0.5) is 5.88 Å². The van der Waals surface area contributed by atoms with Crippen molar-refractivity contribution >= 4 is 5.88 Å². The minimum atomic E-state index is 0.334. The van der Waals surface area contributed by atoms with Gasteiger partial charge in [-0.05, 0) is 36.5 Å². The Hall–Kier alpha value is -2.17. The van der Waals surface area contributed by atoms with Gasteiger partial charge in [0.2, 0.25) is 5.88 Å². The van der Waals surface area contributed by atoms with Crippen molar-refractivity contribution in [1.29, 1.82) is 0 Å². The molecule has 0 aliphatic heterocycles. The highest BCUT2D eigenvalue weighted by Crippen LogP contribution is 2.36. The molecule has 0 unspecified atom stereocenters. The molecule has 0 aliphatic rings. The van der Waals surface area contributed by atoms with Crippen LogP contribution >= 0.6 is 0 Å². The molecule has 0 radical (unpaired) electrons. The van der Waals surface area contributed by atoms with Crippen LogP contribution < -0.4 is 15.2 Å². The first kappa shape index (κ1) is 15.2. The summed E-state index contributed by atoms with van der Waals surface area (Å²) >= 11 is 0. The van der Waals surface area contributed by atoms with Crippen LogP contribution in [0.25, 0.3) is 11.1 Å². The third-order valence-corrected chi connectivity index (χ3v) is 3.42. The van der Waals surface area contributed by atoms with Crippen LogP contribution in [0.15, 0.2) is 22.7 Å². The van der Waals surface area contributed by atoms with E-state index in [0.29, 0.717) is 23.3 Å². The molecule has 0 aliphatic carbocycles. The lowest BCUT2D eigenvalue weighted by Gasteiger charge is -2.10. The first-order chi connectivity index (χ1) is 10.1. The van der Waals surface area contributed by atoms with Crippen molar-refractivity contribution in [1.82, 2.24) is 5.16 Å². The molecule has 2 rings (SSSR count). The number of nitrogens with zero attached hydrogens (tertiary/aromatic N) is 1. The van der Waals surface area contributed by atoms with E-state index in [1.54, 1.807) is 14.2 Å². The summed E-state index contributed by atoms with van der Waals surface area (Å²) in [6.45, 7) is 4.36. The number of nitrogen functional groups attached to an aromatic ring is 1. The molecule has 2 aromatic rings. The highest BCUT2D eigenvalue weighted by Gasteiger charge is 2.17. The maximum Gasteiger partial charge on any atom is 0.230 e. The molecule has 2 N–H and O–H groups in total. The number of aromatic nitrogens is 1. The van der Waals surface area contributed by atoms with Crippen LogP contribution in [0, 0.1) is 5.92 Å². The lowest BCUT2D eigenvalue weighted by molar-refractivity contribution is 0.355. The van der Waals surface area contributed by atoms with Gasteiger partial charge < -0.3 is 19.7 Å². The topological polar surface area (TPSA) is 70.5 Å². The summed E-state index contributed by atoms with van der Waals surface area (Å²) in [6, 6.07) is 5.68. The Morgan fingerprint density at radius 2 is 1.90 bits per heavy atom. The van der Waals surface area contributed by atoms with E-state index in [2.05, 4.69) is 19.0 Å². The SMILES string of the molecule is COc1ccc(-c2c(CCC(C)C)noc2N)cc1OC. The standard InChI is InChI=1S/C16H22N2O3/c1-10(2)5-7-12-15(16(17)21-18-12)11-6-8-13(19-3)14(9-11)20-4/h6,8-10H,5,7,17H2,1-4H3. The second kappa shape index (κ2) is 6.52. The number of nitrogens with two attached hydrogens (primary N) is 1. The molecule has 0 fully saturated rings. The molecular formula is C16H22N2O3. The molecule has 0 saturated heterocycles. The molecule has 0 bridgehead atoms. The fourth-order valence-electron chi connectivity index (χ4n) is 2.23. The van der Waals surface area contributed by atoms with Crippen molar-refractivity contribution in [3.8, 4) is 22.6 Å². The van der Waals surface area contributed by atoms with Crippen LogP contribution in [-0.2, 0) is 6.42 Å². The number of methoxy groups -OCH3 is 2. The highest BCUT2D eigenvalue weighted by atomic mass is 16.5. The van der Waals surface area contributed by atoms with Gasteiger partial charge in [-0.25, -0.2) is 0 Å². The monoisotopic (exact) mass is 290 g/mol. The average Bonchev–Trinajstić information content (AvgIpc) is 2.85. The smallest absolute Gasteiger partial charge is 0.230 e. The Balaban J connectivity index is 2.39. The van der Waals surface area contributed by atoms with Crippen molar-refractivity contribution in [3.05, 3.63) is 23.9 Å². The van der Waals surface area contributed by atoms with Crippen LogP contribution in [0.5, 0.6) is 11.5 Å². The summed E-state index contributed by atoms with van der Waals surface area (Å²) in [6.07, 6.45) is 1.87. The van der Waals surface area contributed by atoms with Crippen molar-refractivity contribution in [2.24, 2.45) is 5.92 Å². The van der Waals surface area contributed by atoms with Crippen molar-refractivity contribution in [2.75, 3.05) is 20.0 Å².